The van der Waals surface area contributed by atoms with Gasteiger partial charge in [-0.3, -0.25) is 0 Å². The molecule has 0 aliphatic carbocycles. The van der Waals surface area contributed by atoms with Crippen LogP contribution in [-0.4, -0.2) is 6.54 Å². The molecule has 3 heteroatoms. The lowest BCUT2D eigenvalue weighted by atomic mass is 10.2. The summed E-state index contributed by atoms with van der Waals surface area (Å²) in [5, 5.41) is 3.36. The predicted molar refractivity (Wildman–Crippen MR) is 65.2 cm³/mol. The molecule has 0 saturated carbocycles. The van der Waals surface area contributed by atoms with Gasteiger partial charge in [0.25, 0.3) is 0 Å². The maximum Gasteiger partial charge on any atom is 0.0352 e. The van der Waals surface area contributed by atoms with Gasteiger partial charge in [-0.25, -0.2) is 0 Å². The largest absolute Gasteiger partial charge is 0.385 e. The van der Waals surface area contributed by atoms with E-state index in [-0.39, 0.29) is 0 Å². The summed E-state index contributed by atoms with van der Waals surface area (Å²) in [5.74, 6) is 0.669. The standard InChI is InChI=1S/C10H13Br2N/c1-7(2)6-13-8-3-4-9(11)10(12)5-8/h3-5,7,13H,6H2,1-2H3. The molecule has 0 amide bonds. The molecule has 0 aliphatic rings. The lowest BCUT2D eigenvalue weighted by Crippen LogP contribution is -2.07. The Morgan fingerprint density at radius 1 is 1.23 bits per heavy atom. The predicted octanol–water partition coefficient (Wildman–Crippen LogP) is 4.28. The van der Waals surface area contributed by atoms with Crippen LogP contribution in [0.4, 0.5) is 5.69 Å². The summed E-state index contributed by atoms with van der Waals surface area (Å²) < 4.78 is 2.17. The van der Waals surface area contributed by atoms with Crippen LogP contribution in [0.15, 0.2) is 27.1 Å². The molecule has 1 rings (SSSR count). The quantitative estimate of drug-likeness (QED) is 0.879. The highest BCUT2D eigenvalue weighted by molar-refractivity contribution is 9.13. The molecule has 0 bridgehead atoms. The fourth-order valence-electron chi connectivity index (χ4n) is 0.928. The van der Waals surface area contributed by atoms with E-state index in [1.54, 1.807) is 0 Å². The molecule has 72 valence electrons. The van der Waals surface area contributed by atoms with Crippen molar-refractivity contribution in [2.75, 3.05) is 11.9 Å². The zero-order valence-electron chi connectivity index (χ0n) is 7.77. The summed E-state index contributed by atoms with van der Waals surface area (Å²) >= 11 is 6.90. The van der Waals surface area contributed by atoms with Crippen molar-refractivity contribution in [1.82, 2.24) is 0 Å². The number of hydrogen-bond donors (Lipinski definition) is 1. The first kappa shape index (κ1) is 11.1. The van der Waals surface area contributed by atoms with Gasteiger partial charge >= 0.3 is 0 Å². The third-order valence-electron chi connectivity index (χ3n) is 1.63. The van der Waals surface area contributed by atoms with E-state index >= 15 is 0 Å². The van der Waals surface area contributed by atoms with Crippen LogP contribution in [0.2, 0.25) is 0 Å². The van der Waals surface area contributed by atoms with Crippen molar-refractivity contribution in [2.24, 2.45) is 5.92 Å². The van der Waals surface area contributed by atoms with Gasteiger partial charge in [0, 0.05) is 21.2 Å². The van der Waals surface area contributed by atoms with Crippen LogP contribution in [0, 0.1) is 5.92 Å². The van der Waals surface area contributed by atoms with Gasteiger partial charge in [-0.05, 0) is 56.0 Å². The second-order valence-electron chi connectivity index (χ2n) is 3.40. The molecular formula is C10H13Br2N. The van der Waals surface area contributed by atoms with Crippen LogP contribution >= 0.6 is 31.9 Å². The molecule has 1 aromatic carbocycles. The van der Waals surface area contributed by atoms with E-state index in [0.29, 0.717) is 5.92 Å². The smallest absolute Gasteiger partial charge is 0.0352 e. The molecule has 0 radical (unpaired) electrons. The minimum absolute atomic E-state index is 0.669. The molecule has 0 saturated heterocycles. The number of benzene rings is 1. The molecule has 0 aromatic heterocycles. The molecule has 0 aliphatic heterocycles. The average molecular weight is 307 g/mol. The van der Waals surface area contributed by atoms with Gasteiger partial charge in [0.2, 0.25) is 0 Å². The van der Waals surface area contributed by atoms with E-state index in [4.69, 9.17) is 0 Å². The van der Waals surface area contributed by atoms with Crippen LogP contribution in [0.1, 0.15) is 13.8 Å². The fraction of sp³-hybridized carbons (Fsp3) is 0.400. The Kier molecular flexibility index (Phi) is 4.26. The first-order valence-corrected chi connectivity index (χ1v) is 5.87. The van der Waals surface area contributed by atoms with Crippen LogP contribution < -0.4 is 5.32 Å². The molecule has 1 N–H and O–H groups in total. The molecule has 0 unspecified atom stereocenters. The third-order valence-corrected chi connectivity index (χ3v) is 3.51. The molecular weight excluding hydrogens is 294 g/mol. The average Bonchev–Trinajstić information content (AvgIpc) is 2.07. The van der Waals surface area contributed by atoms with Crippen molar-refractivity contribution in [2.45, 2.75) is 13.8 Å². The highest BCUT2D eigenvalue weighted by Crippen LogP contribution is 2.25. The molecule has 0 heterocycles. The van der Waals surface area contributed by atoms with Gasteiger partial charge in [-0.15, -0.1) is 0 Å². The van der Waals surface area contributed by atoms with Crippen LogP contribution in [0.25, 0.3) is 0 Å². The number of rotatable bonds is 3. The summed E-state index contributed by atoms with van der Waals surface area (Å²) in [5.41, 5.74) is 1.16. The van der Waals surface area contributed by atoms with Crippen LogP contribution in [0.3, 0.4) is 0 Å². The maximum absolute atomic E-state index is 3.47. The fourth-order valence-corrected chi connectivity index (χ4v) is 1.55. The topological polar surface area (TPSA) is 12.0 Å². The Labute approximate surface area is 96.2 Å². The Bertz CT molecular complexity index is 284. The Morgan fingerprint density at radius 3 is 2.46 bits per heavy atom. The first-order valence-electron chi connectivity index (χ1n) is 4.28. The van der Waals surface area contributed by atoms with E-state index in [9.17, 15) is 0 Å². The highest BCUT2D eigenvalue weighted by atomic mass is 79.9. The number of nitrogens with one attached hydrogen (secondary N) is 1. The second kappa shape index (κ2) is 5.01. The third kappa shape index (κ3) is 3.69. The highest BCUT2D eigenvalue weighted by Gasteiger charge is 1.98. The van der Waals surface area contributed by atoms with Crippen molar-refractivity contribution in [3.8, 4) is 0 Å². The lowest BCUT2D eigenvalue weighted by Gasteiger charge is -2.09. The zero-order valence-corrected chi connectivity index (χ0v) is 10.9. The summed E-state index contributed by atoms with van der Waals surface area (Å²) in [6.45, 7) is 5.40. The molecule has 0 spiro atoms. The SMILES string of the molecule is CC(C)CNc1ccc(Br)c(Br)c1. The minimum atomic E-state index is 0.669. The number of halogens is 2. The van der Waals surface area contributed by atoms with E-state index in [1.165, 1.54) is 0 Å². The molecule has 1 aromatic rings. The molecule has 0 atom stereocenters. The summed E-state index contributed by atoms with van der Waals surface area (Å²) in [4.78, 5) is 0. The molecule has 13 heavy (non-hydrogen) atoms. The van der Waals surface area contributed by atoms with Gasteiger partial charge in [0.15, 0.2) is 0 Å². The van der Waals surface area contributed by atoms with Gasteiger partial charge in [-0.2, -0.15) is 0 Å². The first-order chi connectivity index (χ1) is 6.09. The van der Waals surface area contributed by atoms with Crippen molar-refractivity contribution in [3.05, 3.63) is 27.1 Å². The van der Waals surface area contributed by atoms with Crippen molar-refractivity contribution >= 4 is 37.5 Å². The lowest BCUT2D eigenvalue weighted by molar-refractivity contribution is 0.689. The Hall–Kier alpha value is -0.0200. The summed E-state index contributed by atoms with van der Waals surface area (Å²) in [6, 6.07) is 6.18. The van der Waals surface area contributed by atoms with E-state index in [2.05, 4.69) is 63.2 Å². The number of anilines is 1. The van der Waals surface area contributed by atoms with Crippen molar-refractivity contribution in [3.63, 3.8) is 0 Å². The van der Waals surface area contributed by atoms with Crippen molar-refractivity contribution < 1.29 is 0 Å². The maximum atomic E-state index is 3.47. The Balaban J connectivity index is 2.63. The summed E-state index contributed by atoms with van der Waals surface area (Å²) in [7, 11) is 0. The van der Waals surface area contributed by atoms with Gasteiger partial charge in [0.05, 0.1) is 0 Å². The Morgan fingerprint density at radius 2 is 1.92 bits per heavy atom. The normalized spacial score (nSPS) is 10.5. The molecule has 1 nitrogen and oxygen atoms in total. The molecule has 0 fully saturated rings. The zero-order chi connectivity index (χ0) is 9.84. The number of hydrogen-bond acceptors (Lipinski definition) is 1. The van der Waals surface area contributed by atoms with E-state index < -0.39 is 0 Å². The van der Waals surface area contributed by atoms with E-state index in [0.717, 1.165) is 21.2 Å². The van der Waals surface area contributed by atoms with Gasteiger partial charge in [-0.1, -0.05) is 13.8 Å². The second-order valence-corrected chi connectivity index (χ2v) is 5.11. The van der Waals surface area contributed by atoms with Crippen LogP contribution in [0.5, 0.6) is 0 Å². The monoisotopic (exact) mass is 305 g/mol. The van der Waals surface area contributed by atoms with Crippen molar-refractivity contribution in [1.29, 1.82) is 0 Å². The minimum Gasteiger partial charge on any atom is -0.385 e. The van der Waals surface area contributed by atoms with Gasteiger partial charge < -0.3 is 5.32 Å². The van der Waals surface area contributed by atoms with Gasteiger partial charge in [0.1, 0.15) is 0 Å². The van der Waals surface area contributed by atoms with E-state index in [1.807, 2.05) is 6.07 Å². The van der Waals surface area contributed by atoms with Crippen LogP contribution in [-0.2, 0) is 0 Å². The summed E-state index contributed by atoms with van der Waals surface area (Å²) in [6.07, 6.45) is 0.